The lowest BCUT2D eigenvalue weighted by Crippen LogP contribution is -2.50. The molecule has 1 aliphatic heterocycles. The number of rotatable bonds is 4. The van der Waals surface area contributed by atoms with Crippen LogP contribution in [0.5, 0.6) is 0 Å². The van der Waals surface area contributed by atoms with Gasteiger partial charge in [0.2, 0.25) is 11.8 Å². The maximum absolute atomic E-state index is 12.4. The molecule has 1 fully saturated rings. The van der Waals surface area contributed by atoms with Crippen LogP contribution in [-0.2, 0) is 9.59 Å². The fourth-order valence-electron chi connectivity index (χ4n) is 2.31. The van der Waals surface area contributed by atoms with Crippen LogP contribution in [0, 0.1) is 5.41 Å². The molecule has 1 aliphatic rings. The zero-order valence-electron chi connectivity index (χ0n) is 13.7. The molecule has 2 amide bonds. The molecule has 1 heterocycles. The molecule has 1 saturated heterocycles. The molecule has 6 heteroatoms. The number of aliphatic hydroxyl groups excluding tert-OH is 1. The van der Waals surface area contributed by atoms with E-state index in [0.717, 1.165) is 19.5 Å². The monoisotopic (exact) mass is 299 g/mol. The maximum Gasteiger partial charge on any atom is 0.244 e. The Balaban J connectivity index is 2.52. The van der Waals surface area contributed by atoms with E-state index in [4.69, 9.17) is 5.11 Å². The van der Waals surface area contributed by atoms with Gasteiger partial charge in [0.05, 0.1) is 6.61 Å². The van der Waals surface area contributed by atoms with E-state index < -0.39 is 11.5 Å². The summed E-state index contributed by atoms with van der Waals surface area (Å²) >= 11 is 0. The topological polar surface area (TPSA) is 72.9 Å². The van der Waals surface area contributed by atoms with Crippen molar-refractivity contribution in [1.29, 1.82) is 0 Å². The fraction of sp³-hybridized carbons (Fsp3) is 0.867. The van der Waals surface area contributed by atoms with E-state index in [1.807, 2.05) is 25.7 Å². The van der Waals surface area contributed by atoms with E-state index in [2.05, 4.69) is 10.2 Å². The van der Waals surface area contributed by atoms with Crippen molar-refractivity contribution in [2.24, 2.45) is 5.41 Å². The first-order valence-corrected chi connectivity index (χ1v) is 7.68. The summed E-state index contributed by atoms with van der Waals surface area (Å²) in [7, 11) is 0. The molecule has 0 aromatic carbocycles. The molecule has 1 unspecified atom stereocenters. The normalized spacial score (nSPS) is 19.0. The van der Waals surface area contributed by atoms with Crippen molar-refractivity contribution in [3.63, 3.8) is 0 Å². The van der Waals surface area contributed by atoms with E-state index in [1.165, 1.54) is 0 Å². The van der Waals surface area contributed by atoms with Crippen LogP contribution < -0.4 is 5.32 Å². The Labute approximate surface area is 127 Å². The van der Waals surface area contributed by atoms with E-state index in [-0.39, 0.29) is 18.4 Å². The molecule has 0 aromatic rings. The molecular weight excluding hydrogens is 270 g/mol. The third kappa shape index (κ3) is 5.63. The Hall–Kier alpha value is -1.14. The predicted octanol–water partition coefficient (Wildman–Crippen LogP) is 0.0638. The number of β-amino-alcohol motifs (C(OH)–C–C–N with tert-alkyl or cyclic N) is 1. The van der Waals surface area contributed by atoms with Gasteiger partial charge < -0.3 is 15.3 Å². The molecule has 0 radical (unpaired) electrons. The van der Waals surface area contributed by atoms with E-state index >= 15 is 0 Å². The fourth-order valence-corrected chi connectivity index (χ4v) is 2.31. The van der Waals surface area contributed by atoms with Gasteiger partial charge in [0.1, 0.15) is 6.04 Å². The van der Waals surface area contributed by atoms with Crippen LogP contribution in [0.4, 0.5) is 0 Å². The van der Waals surface area contributed by atoms with Gasteiger partial charge in [-0.05, 0) is 19.9 Å². The summed E-state index contributed by atoms with van der Waals surface area (Å²) < 4.78 is 0. The summed E-state index contributed by atoms with van der Waals surface area (Å²) in [6, 6.07) is -0.499. The summed E-state index contributed by atoms with van der Waals surface area (Å²) in [4.78, 5) is 28.3. The molecular formula is C15H29N3O3. The molecule has 122 valence electrons. The summed E-state index contributed by atoms with van der Waals surface area (Å²) in [5.74, 6) is -0.140. The number of nitrogens with one attached hydrogen (secondary N) is 1. The average molecular weight is 299 g/mol. The van der Waals surface area contributed by atoms with Crippen molar-refractivity contribution >= 4 is 11.8 Å². The lowest BCUT2D eigenvalue weighted by atomic mass is 9.95. The number of hydrogen-bond acceptors (Lipinski definition) is 4. The summed E-state index contributed by atoms with van der Waals surface area (Å²) in [5.41, 5.74) is -0.495. The smallest absolute Gasteiger partial charge is 0.244 e. The average Bonchev–Trinajstić information content (AvgIpc) is 2.62. The second-order valence-corrected chi connectivity index (χ2v) is 6.69. The van der Waals surface area contributed by atoms with Gasteiger partial charge in [0, 0.05) is 31.6 Å². The second-order valence-electron chi connectivity index (χ2n) is 6.69. The van der Waals surface area contributed by atoms with Gasteiger partial charge >= 0.3 is 0 Å². The van der Waals surface area contributed by atoms with Gasteiger partial charge in [0.25, 0.3) is 0 Å². The van der Waals surface area contributed by atoms with Crippen molar-refractivity contribution < 1.29 is 14.7 Å². The molecule has 6 nitrogen and oxygen atoms in total. The Bertz CT molecular complexity index is 366. The lowest BCUT2D eigenvalue weighted by molar-refractivity contribution is -0.138. The number of carbonyl (C=O) groups is 2. The molecule has 21 heavy (non-hydrogen) atoms. The van der Waals surface area contributed by atoms with Gasteiger partial charge in [-0.2, -0.15) is 0 Å². The van der Waals surface area contributed by atoms with Gasteiger partial charge in [-0.3, -0.25) is 14.5 Å². The minimum atomic E-state index is -0.499. The molecule has 1 rings (SSSR count). The number of carbonyl (C=O) groups excluding carboxylic acids is 2. The first-order chi connectivity index (χ1) is 9.75. The molecule has 0 saturated carbocycles. The summed E-state index contributed by atoms with van der Waals surface area (Å²) in [6.45, 7) is 11.0. The molecule has 0 bridgehead atoms. The third-order valence-electron chi connectivity index (χ3n) is 3.72. The zero-order chi connectivity index (χ0) is 16.0. The van der Waals surface area contributed by atoms with Crippen molar-refractivity contribution in [3.8, 4) is 0 Å². The van der Waals surface area contributed by atoms with E-state index in [9.17, 15) is 9.59 Å². The van der Waals surface area contributed by atoms with Gasteiger partial charge in [-0.25, -0.2) is 0 Å². The first-order valence-electron chi connectivity index (χ1n) is 7.68. The highest BCUT2D eigenvalue weighted by Crippen LogP contribution is 2.13. The zero-order valence-corrected chi connectivity index (χ0v) is 13.7. The Morgan fingerprint density at radius 1 is 1.19 bits per heavy atom. The molecule has 2 N–H and O–H groups in total. The van der Waals surface area contributed by atoms with E-state index in [0.29, 0.717) is 19.6 Å². The highest BCUT2D eigenvalue weighted by atomic mass is 16.3. The quantitative estimate of drug-likeness (QED) is 0.770. The summed E-state index contributed by atoms with van der Waals surface area (Å²) in [5, 5.41) is 11.8. The first kappa shape index (κ1) is 17.9. The van der Waals surface area contributed by atoms with Gasteiger partial charge in [0.15, 0.2) is 0 Å². The number of nitrogens with zero attached hydrogens (tertiary/aromatic N) is 2. The Kier molecular flexibility index (Phi) is 6.61. The Morgan fingerprint density at radius 2 is 1.86 bits per heavy atom. The third-order valence-corrected chi connectivity index (χ3v) is 3.72. The largest absolute Gasteiger partial charge is 0.395 e. The number of amides is 2. The second kappa shape index (κ2) is 7.75. The van der Waals surface area contributed by atoms with Crippen LogP contribution in [-0.4, -0.2) is 72.1 Å². The Morgan fingerprint density at radius 3 is 2.43 bits per heavy atom. The predicted molar refractivity (Wildman–Crippen MR) is 81.8 cm³/mol. The van der Waals surface area contributed by atoms with Crippen LogP contribution in [0.2, 0.25) is 0 Å². The summed E-state index contributed by atoms with van der Waals surface area (Å²) in [6.07, 6.45) is 0.895. The molecule has 1 atom stereocenters. The van der Waals surface area contributed by atoms with E-state index in [1.54, 1.807) is 6.92 Å². The van der Waals surface area contributed by atoms with Crippen LogP contribution in [0.25, 0.3) is 0 Å². The highest BCUT2D eigenvalue weighted by Gasteiger charge is 2.28. The molecule has 0 spiro atoms. The maximum atomic E-state index is 12.4. The van der Waals surface area contributed by atoms with Crippen LogP contribution in [0.3, 0.4) is 0 Å². The minimum Gasteiger partial charge on any atom is -0.395 e. The number of hydrogen-bond donors (Lipinski definition) is 2. The van der Waals surface area contributed by atoms with Crippen LogP contribution in [0.15, 0.2) is 0 Å². The number of aliphatic hydroxyl groups is 1. The van der Waals surface area contributed by atoms with Crippen LogP contribution >= 0.6 is 0 Å². The van der Waals surface area contributed by atoms with Crippen molar-refractivity contribution in [2.45, 2.75) is 40.2 Å². The standard InChI is InChI=1S/C15H29N3O3/c1-12(16-14(21)15(2,3)4)13(20)18-7-5-6-17(8-9-18)10-11-19/h12,19H,5-11H2,1-4H3,(H,16,21). The van der Waals surface area contributed by atoms with Crippen LogP contribution in [0.1, 0.15) is 34.1 Å². The van der Waals surface area contributed by atoms with Gasteiger partial charge in [-0.1, -0.05) is 20.8 Å². The SMILES string of the molecule is CC(NC(=O)C(C)(C)C)C(=O)N1CCCN(CCO)CC1. The van der Waals surface area contributed by atoms with Crippen molar-refractivity contribution in [1.82, 2.24) is 15.1 Å². The minimum absolute atomic E-state index is 0.0292. The molecule has 0 aliphatic carbocycles. The highest BCUT2D eigenvalue weighted by molar-refractivity contribution is 5.89. The van der Waals surface area contributed by atoms with Crippen molar-refractivity contribution in [2.75, 3.05) is 39.3 Å². The van der Waals surface area contributed by atoms with Gasteiger partial charge in [-0.15, -0.1) is 0 Å². The van der Waals surface area contributed by atoms with Crippen molar-refractivity contribution in [3.05, 3.63) is 0 Å². The molecule has 0 aromatic heterocycles. The lowest BCUT2D eigenvalue weighted by Gasteiger charge is -2.27.